The fraction of sp³-hybridized carbons (Fsp3) is 0.532. The molecule has 0 bridgehead atoms. The second kappa shape index (κ2) is 36.4. The number of carbonyl (C=O) groups excluding carboxylic acids is 2. The van der Waals surface area contributed by atoms with E-state index >= 15 is 0 Å². The summed E-state index contributed by atoms with van der Waals surface area (Å²) in [5.41, 5.74) is 0. The van der Waals surface area contributed by atoms with Crippen LogP contribution in [-0.4, -0.2) is 89.0 Å². The van der Waals surface area contributed by atoms with Gasteiger partial charge in [0.05, 0.1) is 13.2 Å². The SMILES string of the molecule is CC/C=C/C=C/C=C/C=C/C=C/CCCC(=O)OC(COC(=O)CCCCC/C=C/C/C=C/C/C=C/C/C=C/C/C=C/CC)CO[C@H]1O[C@@H](CO)[C@@H](O)C(O)C1O. The van der Waals surface area contributed by atoms with Crippen molar-refractivity contribution in [2.75, 3.05) is 19.8 Å². The van der Waals surface area contributed by atoms with E-state index in [-0.39, 0.29) is 26.1 Å². The maximum absolute atomic E-state index is 12.7. The molecular formula is C47H70O10. The number of rotatable bonds is 31. The van der Waals surface area contributed by atoms with Crippen molar-refractivity contribution in [2.45, 2.75) is 141 Å². The third kappa shape index (κ3) is 28.2. The van der Waals surface area contributed by atoms with Gasteiger partial charge in [0.15, 0.2) is 12.4 Å². The Labute approximate surface area is 342 Å². The molecule has 318 valence electrons. The summed E-state index contributed by atoms with van der Waals surface area (Å²) in [6, 6.07) is 0. The normalized spacial score (nSPS) is 21.5. The molecule has 3 unspecified atom stereocenters. The lowest BCUT2D eigenvalue weighted by molar-refractivity contribution is -0.305. The summed E-state index contributed by atoms with van der Waals surface area (Å²) in [7, 11) is 0. The van der Waals surface area contributed by atoms with E-state index in [0.29, 0.717) is 19.3 Å². The van der Waals surface area contributed by atoms with Crippen molar-refractivity contribution in [1.29, 1.82) is 0 Å². The van der Waals surface area contributed by atoms with E-state index in [4.69, 9.17) is 18.9 Å². The Kier molecular flexibility index (Phi) is 32.7. The van der Waals surface area contributed by atoms with Gasteiger partial charge in [-0.2, -0.15) is 0 Å². The average Bonchev–Trinajstić information content (AvgIpc) is 3.21. The molecule has 1 heterocycles. The zero-order valence-electron chi connectivity index (χ0n) is 34.3. The van der Waals surface area contributed by atoms with Crippen molar-refractivity contribution < 1.29 is 49.0 Å². The van der Waals surface area contributed by atoms with Gasteiger partial charge < -0.3 is 39.4 Å². The van der Waals surface area contributed by atoms with Crippen LogP contribution in [0.15, 0.2) is 122 Å². The van der Waals surface area contributed by atoms with E-state index in [0.717, 1.165) is 57.8 Å². The van der Waals surface area contributed by atoms with E-state index < -0.39 is 55.4 Å². The molecule has 0 aromatic rings. The van der Waals surface area contributed by atoms with Crippen LogP contribution < -0.4 is 0 Å². The quantitative estimate of drug-likeness (QED) is 0.0233. The van der Waals surface area contributed by atoms with E-state index in [1.165, 1.54) is 0 Å². The fourth-order valence-corrected chi connectivity index (χ4v) is 5.24. The van der Waals surface area contributed by atoms with Crippen LogP contribution in [0.5, 0.6) is 0 Å². The van der Waals surface area contributed by atoms with Gasteiger partial charge in [0.2, 0.25) is 0 Å². The van der Waals surface area contributed by atoms with Gasteiger partial charge in [-0.05, 0) is 70.6 Å². The molecular weight excluding hydrogens is 725 g/mol. The smallest absolute Gasteiger partial charge is 0.306 e. The highest BCUT2D eigenvalue weighted by molar-refractivity contribution is 5.70. The molecule has 1 saturated heterocycles. The van der Waals surface area contributed by atoms with Crippen LogP contribution in [0.1, 0.15) is 104 Å². The lowest BCUT2D eigenvalue weighted by atomic mass is 9.99. The van der Waals surface area contributed by atoms with Crippen molar-refractivity contribution in [2.24, 2.45) is 0 Å². The molecule has 1 fully saturated rings. The molecule has 0 saturated carbocycles. The van der Waals surface area contributed by atoms with Crippen molar-refractivity contribution in [3.63, 3.8) is 0 Å². The minimum absolute atomic E-state index is 0.117. The van der Waals surface area contributed by atoms with Crippen molar-refractivity contribution >= 4 is 11.9 Å². The molecule has 57 heavy (non-hydrogen) atoms. The molecule has 4 N–H and O–H groups in total. The highest BCUT2D eigenvalue weighted by Gasteiger charge is 2.44. The molecule has 1 aliphatic heterocycles. The first-order valence-corrected chi connectivity index (χ1v) is 20.7. The van der Waals surface area contributed by atoms with Gasteiger partial charge in [0.25, 0.3) is 0 Å². The number of carbonyl (C=O) groups is 2. The van der Waals surface area contributed by atoms with E-state index in [9.17, 15) is 30.0 Å². The molecule has 0 aliphatic carbocycles. The Morgan fingerprint density at radius 3 is 1.68 bits per heavy atom. The summed E-state index contributed by atoms with van der Waals surface area (Å²) in [5, 5.41) is 40.0. The van der Waals surface area contributed by atoms with Gasteiger partial charge in [-0.15, -0.1) is 0 Å². The summed E-state index contributed by atoms with van der Waals surface area (Å²) >= 11 is 0. The molecule has 6 atom stereocenters. The fourth-order valence-electron chi connectivity index (χ4n) is 5.24. The van der Waals surface area contributed by atoms with Crippen LogP contribution >= 0.6 is 0 Å². The minimum Gasteiger partial charge on any atom is -0.462 e. The van der Waals surface area contributed by atoms with Crippen molar-refractivity contribution in [3.8, 4) is 0 Å². The number of esters is 2. The number of hydrogen-bond donors (Lipinski definition) is 4. The molecule has 10 nitrogen and oxygen atoms in total. The first-order valence-electron chi connectivity index (χ1n) is 20.7. The van der Waals surface area contributed by atoms with Gasteiger partial charge in [0.1, 0.15) is 31.0 Å². The average molecular weight is 795 g/mol. The molecule has 10 heteroatoms. The van der Waals surface area contributed by atoms with Gasteiger partial charge in [-0.3, -0.25) is 9.59 Å². The number of unbranched alkanes of at least 4 members (excludes halogenated alkanes) is 4. The van der Waals surface area contributed by atoms with Gasteiger partial charge in [0, 0.05) is 12.8 Å². The number of aliphatic hydroxyl groups excluding tert-OH is 4. The molecule has 0 aromatic heterocycles. The Morgan fingerprint density at radius 1 is 0.561 bits per heavy atom. The highest BCUT2D eigenvalue weighted by Crippen LogP contribution is 2.22. The third-order valence-corrected chi connectivity index (χ3v) is 8.47. The Hall–Kier alpha value is -3.90. The third-order valence-electron chi connectivity index (χ3n) is 8.47. The largest absolute Gasteiger partial charge is 0.462 e. The minimum atomic E-state index is -1.62. The van der Waals surface area contributed by atoms with Crippen molar-refractivity contribution in [1.82, 2.24) is 0 Å². The molecule has 0 aromatic carbocycles. The van der Waals surface area contributed by atoms with E-state index in [1.54, 1.807) is 0 Å². The van der Waals surface area contributed by atoms with Gasteiger partial charge in [-0.25, -0.2) is 0 Å². The standard InChI is InChI=1S/C47H70O10/c1-3-5-7-9-11-13-15-17-18-19-20-21-22-24-25-27-29-31-33-35-42(49)54-38-40(39-55-47-46(53)45(52)44(51)41(37-48)57-47)56-43(50)36-34-32-30-28-26-23-16-14-12-10-8-6-4-2/h5-8,10-14,16-18,20-21,23-26,28,30,40-41,44-48,51-53H,3-4,9,15,19,22,27,29,31-39H2,1-2H3/b7-5+,8-6+,12-10+,13-11+,16-14+,18-17+,21-20+,25-24+,26-23+,30-28+/t40?,41-,44+,45?,46?,47-/m0/s1. The van der Waals surface area contributed by atoms with Crippen LogP contribution in [0.2, 0.25) is 0 Å². The Balaban J connectivity index is 2.44. The molecule has 1 aliphatic rings. The Bertz CT molecular complexity index is 1330. The molecule has 0 radical (unpaired) electrons. The first kappa shape index (κ1) is 51.1. The lowest BCUT2D eigenvalue weighted by Gasteiger charge is -2.39. The maximum atomic E-state index is 12.7. The van der Waals surface area contributed by atoms with Gasteiger partial charge >= 0.3 is 11.9 Å². The van der Waals surface area contributed by atoms with Crippen LogP contribution in [0.25, 0.3) is 0 Å². The van der Waals surface area contributed by atoms with Crippen molar-refractivity contribution in [3.05, 3.63) is 122 Å². The van der Waals surface area contributed by atoms with Crippen LogP contribution in [0, 0.1) is 0 Å². The monoisotopic (exact) mass is 794 g/mol. The van der Waals surface area contributed by atoms with Crippen LogP contribution in [0.4, 0.5) is 0 Å². The summed E-state index contributed by atoms with van der Waals surface area (Å²) in [6.07, 6.45) is 43.6. The highest BCUT2D eigenvalue weighted by atomic mass is 16.7. The second-order valence-corrected chi connectivity index (χ2v) is 13.4. The predicted octanol–water partition coefficient (Wildman–Crippen LogP) is 8.32. The maximum Gasteiger partial charge on any atom is 0.306 e. The number of ether oxygens (including phenoxy) is 4. The molecule has 1 rings (SSSR count). The number of allylic oxidation sites excluding steroid dienone is 20. The zero-order valence-corrected chi connectivity index (χ0v) is 34.3. The molecule has 0 amide bonds. The van der Waals surface area contributed by atoms with Gasteiger partial charge in [-0.1, -0.05) is 142 Å². The first-order chi connectivity index (χ1) is 27.8. The second-order valence-electron chi connectivity index (χ2n) is 13.4. The summed E-state index contributed by atoms with van der Waals surface area (Å²) in [5.74, 6) is -0.949. The number of hydrogen-bond acceptors (Lipinski definition) is 10. The number of aliphatic hydroxyl groups is 4. The summed E-state index contributed by atoms with van der Waals surface area (Å²) < 4.78 is 22.0. The molecule has 0 spiro atoms. The summed E-state index contributed by atoms with van der Waals surface area (Å²) in [4.78, 5) is 25.2. The Morgan fingerprint density at radius 2 is 1.09 bits per heavy atom. The summed E-state index contributed by atoms with van der Waals surface area (Å²) in [6.45, 7) is 3.01. The van der Waals surface area contributed by atoms with E-state index in [2.05, 4.69) is 80.7 Å². The van der Waals surface area contributed by atoms with Crippen LogP contribution in [0.3, 0.4) is 0 Å². The topological polar surface area (TPSA) is 152 Å². The lowest BCUT2D eigenvalue weighted by Crippen LogP contribution is -2.59. The van der Waals surface area contributed by atoms with E-state index in [1.807, 2.05) is 54.7 Å². The predicted molar refractivity (Wildman–Crippen MR) is 228 cm³/mol. The zero-order chi connectivity index (χ0) is 41.6. The van der Waals surface area contributed by atoms with Crippen LogP contribution in [-0.2, 0) is 28.5 Å².